The molecule has 2 aromatic carbocycles. The number of ether oxygens (including phenoxy) is 1. The van der Waals surface area contributed by atoms with Gasteiger partial charge in [0.1, 0.15) is 0 Å². The minimum absolute atomic E-state index is 0.0311. The largest absolute Gasteiger partial charge is 0.452 e. The van der Waals surface area contributed by atoms with Crippen molar-refractivity contribution in [2.45, 2.75) is 13.5 Å². The normalized spacial score (nSPS) is 10.2. The van der Waals surface area contributed by atoms with Crippen molar-refractivity contribution in [1.29, 1.82) is 0 Å². The lowest BCUT2D eigenvalue weighted by molar-refractivity contribution is -0.384. The number of likely N-dealkylation sites (N-methyl/N-ethyl adjacent to an activating group) is 1. The summed E-state index contributed by atoms with van der Waals surface area (Å²) < 4.78 is 4.96. The van der Waals surface area contributed by atoms with Crippen LogP contribution in [-0.2, 0) is 16.1 Å². The molecule has 130 valence electrons. The Labute approximate surface area is 145 Å². The Bertz CT molecular complexity index is 804. The van der Waals surface area contributed by atoms with Crippen molar-refractivity contribution in [2.75, 3.05) is 13.7 Å². The molecule has 7 heteroatoms. The summed E-state index contributed by atoms with van der Waals surface area (Å²) in [6.07, 6.45) is 0. The van der Waals surface area contributed by atoms with E-state index >= 15 is 0 Å². The number of non-ortho nitro benzene ring substituents is 1. The number of hydrogen-bond acceptors (Lipinski definition) is 5. The third-order valence-electron chi connectivity index (χ3n) is 3.71. The van der Waals surface area contributed by atoms with Gasteiger partial charge in [-0.1, -0.05) is 30.3 Å². The molecule has 0 unspecified atom stereocenters. The average molecular weight is 342 g/mol. The van der Waals surface area contributed by atoms with Crippen molar-refractivity contribution in [3.8, 4) is 0 Å². The third-order valence-corrected chi connectivity index (χ3v) is 3.71. The Morgan fingerprint density at radius 3 is 2.56 bits per heavy atom. The van der Waals surface area contributed by atoms with Crippen LogP contribution < -0.4 is 0 Å². The molecular weight excluding hydrogens is 324 g/mol. The number of nitro groups is 1. The van der Waals surface area contributed by atoms with E-state index in [1.165, 1.54) is 23.1 Å². The van der Waals surface area contributed by atoms with Crippen LogP contribution in [0.3, 0.4) is 0 Å². The van der Waals surface area contributed by atoms with E-state index in [-0.39, 0.29) is 17.2 Å². The first-order valence-corrected chi connectivity index (χ1v) is 7.58. The van der Waals surface area contributed by atoms with E-state index in [2.05, 4.69) is 0 Å². The number of benzene rings is 2. The van der Waals surface area contributed by atoms with Gasteiger partial charge in [0.2, 0.25) is 0 Å². The third kappa shape index (κ3) is 4.87. The summed E-state index contributed by atoms with van der Waals surface area (Å²) in [6.45, 7) is 1.93. The molecule has 0 N–H and O–H groups in total. The summed E-state index contributed by atoms with van der Waals surface area (Å²) in [5, 5.41) is 10.7. The Balaban J connectivity index is 1.92. The second-order valence-corrected chi connectivity index (χ2v) is 5.56. The lowest BCUT2D eigenvalue weighted by Gasteiger charge is -2.18. The van der Waals surface area contributed by atoms with E-state index in [4.69, 9.17) is 4.74 Å². The molecule has 0 spiro atoms. The molecule has 0 aliphatic rings. The topological polar surface area (TPSA) is 89.8 Å². The molecule has 0 saturated carbocycles. The Morgan fingerprint density at radius 1 is 1.16 bits per heavy atom. The van der Waals surface area contributed by atoms with Crippen LogP contribution in [0.25, 0.3) is 0 Å². The lowest BCUT2D eigenvalue weighted by Crippen LogP contribution is -2.31. The molecule has 1 amide bonds. The highest BCUT2D eigenvalue weighted by Gasteiger charge is 2.16. The maximum Gasteiger partial charge on any atom is 0.338 e. The van der Waals surface area contributed by atoms with Crippen LogP contribution in [0.5, 0.6) is 0 Å². The molecule has 0 aliphatic heterocycles. The van der Waals surface area contributed by atoms with Crippen LogP contribution in [0.1, 0.15) is 21.5 Å². The lowest BCUT2D eigenvalue weighted by atomic mass is 10.1. The predicted octanol–water partition coefficient (Wildman–Crippen LogP) is 2.72. The summed E-state index contributed by atoms with van der Waals surface area (Å²) in [7, 11) is 1.62. The quantitative estimate of drug-likeness (QED) is 0.457. The van der Waals surface area contributed by atoms with Gasteiger partial charge in [0, 0.05) is 25.7 Å². The maximum absolute atomic E-state index is 12.1. The molecule has 2 aromatic rings. The van der Waals surface area contributed by atoms with Gasteiger partial charge in [0.25, 0.3) is 11.6 Å². The fourth-order valence-corrected chi connectivity index (χ4v) is 2.20. The molecular formula is C18H18N2O5. The fourth-order valence-electron chi connectivity index (χ4n) is 2.20. The van der Waals surface area contributed by atoms with Crippen LogP contribution in [0.2, 0.25) is 0 Å². The number of rotatable bonds is 6. The highest BCUT2D eigenvalue weighted by atomic mass is 16.6. The van der Waals surface area contributed by atoms with Crippen LogP contribution in [0, 0.1) is 17.0 Å². The molecule has 0 atom stereocenters. The van der Waals surface area contributed by atoms with E-state index < -0.39 is 17.5 Å². The zero-order valence-corrected chi connectivity index (χ0v) is 14.0. The second kappa shape index (κ2) is 8.05. The van der Waals surface area contributed by atoms with Crippen molar-refractivity contribution in [3.63, 3.8) is 0 Å². The highest BCUT2D eigenvalue weighted by Crippen LogP contribution is 2.14. The number of aryl methyl sites for hydroxylation is 1. The minimum atomic E-state index is -0.777. The van der Waals surface area contributed by atoms with E-state index in [1.807, 2.05) is 31.2 Å². The van der Waals surface area contributed by atoms with Crippen molar-refractivity contribution in [2.24, 2.45) is 0 Å². The average Bonchev–Trinajstić information content (AvgIpc) is 2.61. The van der Waals surface area contributed by atoms with Gasteiger partial charge in [0.15, 0.2) is 6.61 Å². The molecule has 0 aromatic heterocycles. The summed E-state index contributed by atoms with van der Waals surface area (Å²) >= 11 is 0. The molecule has 7 nitrogen and oxygen atoms in total. The second-order valence-electron chi connectivity index (χ2n) is 5.56. The zero-order valence-electron chi connectivity index (χ0n) is 14.0. The molecule has 0 heterocycles. The number of nitro benzene ring substituents is 1. The highest BCUT2D eigenvalue weighted by molar-refractivity contribution is 5.91. The summed E-state index contributed by atoms with van der Waals surface area (Å²) in [5.74, 6) is -1.14. The zero-order chi connectivity index (χ0) is 18.4. The van der Waals surface area contributed by atoms with Crippen molar-refractivity contribution in [1.82, 2.24) is 4.90 Å². The van der Waals surface area contributed by atoms with Gasteiger partial charge in [0.05, 0.1) is 10.5 Å². The summed E-state index contributed by atoms with van der Waals surface area (Å²) in [4.78, 5) is 35.6. The molecule has 0 bridgehead atoms. The van der Waals surface area contributed by atoms with Gasteiger partial charge in [-0.25, -0.2) is 4.79 Å². The van der Waals surface area contributed by atoms with Gasteiger partial charge < -0.3 is 9.64 Å². The Kier molecular flexibility index (Phi) is 5.84. The number of amides is 1. The van der Waals surface area contributed by atoms with Gasteiger partial charge in [-0.2, -0.15) is 0 Å². The summed E-state index contributed by atoms with van der Waals surface area (Å²) in [6, 6.07) is 12.9. The fraction of sp³-hybridized carbons (Fsp3) is 0.222. The Hall–Kier alpha value is -3.22. The van der Waals surface area contributed by atoms with Crippen LogP contribution >= 0.6 is 0 Å². The van der Waals surface area contributed by atoms with Crippen LogP contribution in [-0.4, -0.2) is 35.4 Å². The van der Waals surface area contributed by atoms with Gasteiger partial charge >= 0.3 is 5.97 Å². The number of nitrogens with zero attached hydrogens (tertiary/aromatic N) is 2. The minimum Gasteiger partial charge on any atom is -0.452 e. The van der Waals surface area contributed by atoms with Crippen LogP contribution in [0.15, 0.2) is 48.5 Å². The van der Waals surface area contributed by atoms with E-state index in [0.29, 0.717) is 6.54 Å². The molecule has 0 fully saturated rings. The van der Waals surface area contributed by atoms with Crippen molar-refractivity contribution < 1.29 is 19.2 Å². The SMILES string of the molecule is Cc1ccccc1CN(C)C(=O)COC(=O)c1cccc([N+](=O)[O-])c1. The van der Waals surface area contributed by atoms with Gasteiger partial charge in [-0.05, 0) is 24.1 Å². The smallest absolute Gasteiger partial charge is 0.338 e. The van der Waals surface area contributed by atoms with Crippen LogP contribution in [0.4, 0.5) is 5.69 Å². The van der Waals surface area contributed by atoms with Gasteiger partial charge in [-0.15, -0.1) is 0 Å². The van der Waals surface area contributed by atoms with E-state index in [1.54, 1.807) is 7.05 Å². The first-order valence-electron chi connectivity index (χ1n) is 7.58. The standard InChI is InChI=1S/C18H18N2O5/c1-13-6-3-4-7-15(13)11-19(2)17(21)12-25-18(22)14-8-5-9-16(10-14)20(23)24/h3-10H,11-12H2,1-2H3. The summed E-state index contributed by atoms with van der Waals surface area (Å²) in [5.41, 5.74) is 1.89. The van der Waals surface area contributed by atoms with E-state index in [0.717, 1.165) is 17.2 Å². The van der Waals surface area contributed by atoms with Gasteiger partial charge in [-0.3, -0.25) is 14.9 Å². The maximum atomic E-state index is 12.1. The van der Waals surface area contributed by atoms with E-state index in [9.17, 15) is 19.7 Å². The first kappa shape index (κ1) is 18.1. The molecule has 2 rings (SSSR count). The van der Waals surface area contributed by atoms with Crippen molar-refractivity contribution in [3.05, 3.63) is 75.3 Å². The van der Waals surface area contributed by atoms with Crippen molar-refractivity contribution >= 4 is 17.6 Å². The molecule has 0 radical (unpaired) electrons. The predicted molar refractivity (Wildman–Crippen MR) is 91.0 cm³/mol. The number of carbonyl (C=O) groups excluding carboxylic acids is 2. The number of carbonyl (C=O) groups is 2. The monoisotopic (exact) mass is 342 g/mol. The number of esters is 1. The molecule has 0 aliphatic carbocycles. The molecule has 25 heavy (non-hydrogen) atoms. The molecule has 0 saturated heterocycles. The Morgan fingerprint density at radius 2 is 1.88 bits per heavy atom. The number of hydrogen-bond donors (Lipinski definition) is 0. The first-order chi connectivity index (χ1) is 11.9.